The molecule has 0 bridgehead atoms. The molecule has 0 saturated carbocycles. The highest BCUT2D eigenvalue weighted by atomic mass is 16.5. The van der Waals surface area contributed by atoms with Gasteiger partial charge in [-0.25, -0.2) is 4.79 Å². The molecular weight excluding hydrogens is 236 g/mol. The Kier molecular flexibility index (Phi) is 5.17. The highest BCUT2D eigenvalue weighted by molar-refractivity contribution is 5.92. The SMILES string of the molecule is COC(=O)CCc1c(OC)cccc1C(=O)OC. The molecule has 1 rings (SSSR count). The first kappa shape index (κ1) is 14.0. The fourth-order valence-electron chi connectivity index (χ4n) is 1.65. The molecule has 0 heterocycles. The monoisotopic (exact) mass is 252 g/mol. The lowest BCUT2D eigenvalue weighted by atomic mass is 10.0. The lowest BCUT2D eigenvalue weighted by molar-refractivity contribution is -0.140. The fourth-order valence-corrected chi connectivity index (χ4v) is 1.65. The third-order valence-corrected chi connectivity index (χ3v) is 2.57. The summed E-state index contributed by atoms with van der Waals surface area (Å²) in [4.78, 5) is 22.8. The molecule has 0 aliphatic carbocycles. The molecule has 0 N–H and O–H groups in total. The molecule has 98 valence electrons. The highest BCUT2D eigenvalue weighted by Gasteiger charge is 2.16. The molecular formula is C13H16O5. The number of hydrogen-bond donors (Lipinski definition) is 0. The predicted molar refractivity (Wildman–Crippen MR) is 64.7 cm³/mol. The number of rotatable bonds is 5. The number of ether oxygens (including phenoxy) is 3. The summed E-state index contributed by atoms with van der Waals surface area (Å²) in [6, 6.07) is 5.08. The average molecular weight is 252 g/mol. The molecule has 0 unspecified atom stereocenters. The van der Waals surface area contributed by atoms with Gasteiger partial charge in [-0.1, -0.05) is 6.07 Å². The van der Waals surface area contributed by atoms with Gasteiger partial charge in [0.25, 0.3) is 0 Å². The summed E-state index contributed by atoms with van der Waals surface area (Å²) in [5.41, 5.74) is 1.05. The van der Waals surface area contributed by atoms with Crippen LogP contribution in [0.4, 0.5) is 0 Å². The maximum Gasteiger partial charge on any atom is 0.338 e. The van der Waals surface area contributed by atoms with Gasteiger partial charge in [0.2, 0.25) is 0 Å². The average Bonchev–Trinajstić information content (AvgIpc) is 2.43. The Bertz CT molecular complexity index is 439. The third kappa shape index (κ3) is 3.23. The Balaban J connectivity index is 3.04. The Morgan fingerprint density at radius 2 is 1.83 bits per heavy atom. The first-order chi connectivity index (χ1) is 8.63. The zero-order valence-corrected chi connectivity index (χ0v) is 10.7. The molecule has 0 saturated heterocycles. The summed E-state index contributed by atoms with van der Waals surface area (Å²) >= 11 is 0. The van der Waals surface area contributed by atoms with Crippen molar-refractivity contribution in [2.24, 2.45) is 0 Å². The van der Waals surface area contributed by atoms with Gasteiger partial charge >= 0.3 is 11.9 Å². The van der Waals surface area contributed by atoms with Crippen LogP contribution in [-0.4, -0.2) is 33.3 Å². The molecule has 5 heteroatoms. The van der Waals surface area contributed by atoms with Crippen LogP contribution in [0.25, 0.3) is 0 Å². The molecule has 5 nitrogen and oxygen atoms in total. The van der Waals surface area contributed by atoms with Gasteiger partial charge in [-0.2, -0.15) is 0 Å². The van der Waals surface area contributed by atoms with Gasteiger partial charge in [-0.15, -0.1) is 0 Å². The summed E-state index contributed by atoms with van der Waals surface area (Å²) in [6.45, 7) is 0. The van der Waals surface area contributed by atoms with Crippen LogP contribution in [-0.2, 0) is 20.7 Å². The molecule has 1 aromatic rings. The van der Waals surface area contributed by atoms with Crippen molar-refractivity contribution >= 4 is 11.9 Å². The zero-order chi connectivity index (χ0) is 13.5. The second-order valence-corrected chi connectivity index (χ2v) is 3.55. The molecule has 18 heavy (non-hydrogen) atoms. The van der Waals surface area contributed by atoms with Crippen LogP contribution >= 0.6 is 0 Å². The molecule has 0 amide bonds. The molecule has 1 aromatic carbocycles. The number of hydrogen-bond acceptors (Lipinski definition) is 5. The number of esters is 2. The lowest BCUT2D eigenvalue weighted by Crippen LogP contribution is -2.09. The van der Waals surface area contributed by atoms with E-state index in [0.717, 1.165) is 0 Å². The van der Waals surface area contributed by atoms with Crippen molar-refractivity contribution < 1.29 is 23.8 Å². The van der Waals surface area contributed by atoms with E-state index in [1.165, 1.54) is 21.3 Å². The van der Waals surface area contributed by atoms with E-state index in [0.29, 0.717) is 23.3 Å². The quantitative estimate of drug-likeness (QED) is 0.745. The highest BCUT2D eigenvalue weighted by Crippen LogP contribution is 2.24. The maximum atomic E-state index is 11.6. The first-order valence-electron chi connectivity index (χ1n) is 5.45. The van der Waals surface area contributed by atoms with Gasteiger partial charge in [0, 0.05) is 12.0 Å². The number of methoxy groups -OCH3 is 3. The minimum atomic E-state index is -0.450. The van der Waals surface area contributed by atoms with E-state index in [1.807, 2.05) is 0 Å². The van der Waals surface area contributed by atoms with Crippen molar-refractivity contribution in [2.75, 3.05) is 21.3 Å². The number of carbonyl (C=O) groups is 2. The van der Waals surface area contributed by atoms with Gasteiger partial charge in [-0.05, 0) is 18.6 Å². The van der Waals surface area contributed by atoms with E-state index in [2.05, 4.69) is 4.74 Å². The van der Waals surface area contributed by atoms with E-state index in [4.69, 9.17) is 9.47 Å². The summed E-state index contributed by atoms with van der Waals surface area (Å²) in [5.74, 6) is -0.229. The van der Waals surface area contributed by atoms with Crippen molar-refractivity contribution in [2.45, 2.75) is 12.8 Å². The molecule has 0 atom stereocenters. The van der Waals surface area contributed by atoms with Gasteiger partial charge < -0.3 is 14.2 Å². The van der Waals surface area contributed by atoms with Crippen LogP contribution in [0.1, 0.15) is 22.3 Å². The second kappa shape index (κ2) is 6.64. The van der Waals surface area contributed by atoms with Crippen LogP contribution in [0.5, 0.6) is 5.75 Å². The summed E-state index contributed by atoms with van der Waals surface area (Å²) in [7, 11) is 4.15. The summed E-state index contributed by atoms with van der Waals surface area (Å²) in [6.07, 6.45) is 0.544. The Labute approximate surface area is 106 Å². The van der Waals surface area contributed by atoms with E-state index < -0.39 is 5.97 Å². The number of carbonyl (C=O) groups excluding carboxylic acids is 2. The van der Waals surface area contributed by atoms with E-state index in [1.54, 1.807) is 18.2 Å². The van der Waals surface area contributed by atoms with E-state index >= 15 is 0 Å². The van der Waals surface area contributed by atoms with Crippen molar-refractivity contribution in [1.29, 1.82) is 0 Å². The van der Waals surface area contributed by atoms with Crippen LogP contribution in [0.3, 0.4) is 0 Å². The Hall–Kier alpha value is -2.04. The van der Waals surface area contributed by atoms with Crippen LogP contribution in [0.2, 0.25) is 0 Å². The molecule has 0 fully saturated rings. The molecule has 0 aliphatic heterocycles. The van der Waals surface area contributed by atoms with Crippen molar-refractivity contribution in [1.82, 2.24) is 0 Å². The standard InChI is InChI=1S/C13H16O5/c1-16-11-6-4-5-10(13(15)18-3)9(11)7-8-12(14)17-2/h4-6H,7-8H2,1-3H3. The second-order valence-electron chi connectivity index (χ2n) is 3.55. The lowest BCUT2D eigenvalue weighted by Gasteiger charge is -2.12. The van der Waals surface area contributed by atoms with Gasteiger partial charge in [0.1, 0.15) is 5.75 Å². The normalized spacial score (nSPS) is 9.72. The third-order valence-electron chi connectivity index (χ3n) is 2.57. The summed E-state index contributed by atoms with van der Waals surface area (Å²) < 4.78 is 14.5. The topological polar surface area (TPSA) is 61.8 Å². The molecule has 0 aliphatic rings. The largest absolute Gasteiger partial charge is 0.496 e. The minimum absolute atomic E-state index is 0.181. The molecule has 0 radical (unpaired) electrons. The van der Waals surface area contributed by atoms with E-state index in [9.17, 15) is 9.59 Å². The molecule has 0 aromatic heterocycles. The van der Waals surface area contributed by atoms with Crippen LogP contribution < -0.4 is 4.74 Å². The maximum absolute atomic E-state index is 11.6. The van der Waals surface area contributed by atoms with Crippen LogP contribution in [0, 0.1) is 0 Å². The zero-order valence-electron chi connectivity index (χ0n) is 10.7. The summed E-state index contributed by atoms with van der Waals surface area (Å²) in [5, 5.41) is 0. The predicted octanol–water partition coefficient (Wildman–Crippen LogP) is 1.59. The number of benzene rings is 1. The Morgan fingerprint density at radius 3 is 2.39 bits per heavy atom. The van der Waals surface area contributed by atoms with Gasteiger partial charge in [-0.3, -0.25) is 4.79 Å². The van der Waals surface area contributed by atoms with Gasteiger partial charge in [0.15, 0.2) is 0 Å². The minimum Gasteiger partial charge on any atom is -0.496 e. The van der Waals surface area contributed by atoms with Crippen molar-refractivity contribution in [3.63, 3.8) is 0 Å². The van der Waals surface area contributed by atoms with Crippen molar-refractivity contribution in [3.8, 4) is 5.75 Å². The van der Waals surface area contributed by atoms with Crippen molar-refractivity contribution in [3.05, 3.63) is 29.3 Å². The smallest absolute Gasteiger partial charge is 0.338 e. The first-order valence-corrected chi connectivity index (χ1v) is 5.45. The Morgan fingerprint density at radius 1 is 1.11 bits per heavy atom. The fraction of sp³-hybridized carbons (Fsp3) is 0.385. The molecule has 0 spiro atoms. The van der Waals surface area contributed by atoms with E-state index in [-0.39, 0.29) is 12.4 Å². The van der Waals surface area contributed by atoms with Crippen LogP contribution in [0.15, 0.2) is 18.2 Å². The van der Waals surface area contributed by atoms with Gasteiger partial charge in [0.05, 0.1) is 26.9 Å².